The minimum Gasteiger partial charge on any atom is -0.0895 e. The lowest BCUT2D eigenvalue weighted by Crippen LogP contribution is -2.30. The van der Waals surface area contributed by atoms with Crippen molar-refractivity contribution >= 4 is 23.5 Å². The molecule has 0 spiro atoms. The Morgan fingerprint density at radius 1 is 0.283 bits per heavy atom. The van der Waals surface area contributed by atoms with E-state index in [9.17, 15) is 0 Å². The van der Waals surface area contributed by atoms with E-state index in [4.69, 9.17) is 0 Å². The molecule has 0 aliphatic carbocycles. The molecular weight excluding hydrogens is 677 g/mol. The van der Waals surface area contributed by atoms with Crippen LogP contribution < -0.4 is 0 Å². The zero-order valence-electron chi connectivity index (χ0n) is 29.9. The first-order chi connectivity index (χ1) is 26.1. The van der Waals surface area contributed by atoms with Crippen LogP contribution in [0.2, 0.25) is 0 Å². The van der Waals surface area contributed by atoms with E-state index >= 15 is 0 Å². The summed E-state index contributed by atoms with van der Waals surface area (Å²) in [7, 11) is 0. The monoisotopic (exact) mass is 716 g/mol. The largest absolute Gasteiger partial charge is 0.0895 e. The lowest BCUT2D eigenvalue weighted by molar-refractivity contribution is 0.743. The molecule has 0 saturated carbocycles. The highest BCUT2D eigenvalue weighted by atomic mass is 32.2. The number of hydrogen-bond donors (Lipinski definition) is 0. The van der Waals surface area contributed by atoms with E-state index in [2.05, 4.69) is 220 Å². The first-order valence-corrected chi connectivity index (χ1v) is 19.7. The molecule has 0 amide bonds. The van der Waals surface area contributed by atoms with Crippen LogP contribution in [0.1, 0.15) is 33.4 Å². The molecule has 8 rings (SSSR count). The Balaban J connectivity index is 1.19. The molecule has 0 N–H and O–H groups in total. The van der Waals surface area contributed by atoms with Crippen molar-refractivity contribution in [1.82, 2.24) is 0 Å². The van der Waals surface area contributed by atoms with Crippen molar-refractivity contribution in [3.8, 4) is 22.3 Å². The van der Waals surface area contributed by atoms with Crippen LogP contribution in [0.3, 0.4) is 0 Å². The van der Waals surface area contributed by atoms with Crippen molar-refractivity contribution in [2.45, 2.75) is 38.8 Å². The Hall–Kier alpha value is -5.54. The predicted molar refractivity (Wildman–Crippen MR) is 226 cm³/mol. The zero-order valence-corrected chi connectivity index (χ0v) is 31.6. The van der Waals surface area contributed by atoms with E-state index in [1.807, 2.05) is 23.5 Å². The van der Waals surface area contributed by atoms with Crippen LogP contribution in [0.5, 0.6) is 0 Å². The smallest absolute Gasteiger partial charge is 0.0701 e. The maximum absolute atomic E-state index is 2.33. The minimum absolute atomic E-state index is 0.521. The van der Waals surface area contributed by atoms with E-state index in [1.165, 1.54) is 75.2 Å². The second-order valence-corrected chi connectivity index (χ2v) is 15.6. The molecule has 256 valence electrons. The summed E-state index contributed by atoms with van der Waals surface area (Å²) in [6.07, 6.45) is 0. The Bertz CT molecular complexity index is 2270. The fourth-order valence-corrected chi connectivity index (χ4v) is 9.40. The van der Waals surface area contributed by atoms with Crippen LogP contribution in [0.25, 0.3) is 22.3 Å². The molecule has 0 radical (unpaired) electrons. The Kier molecular flexibility index (Phi) is 10.2. The quantitative estimate of drug-likeness (QED) is 0.129. The summed E-state index contributed by atoms with van der Waals surface area (Å²) in [5, 5.41) is 0. The molecular formula is C51H40S2. The van der Waals surface area contributed by atoms with Gasteiger partial charge < -0.3 is 0 Å². The molecule has 2 heteroatoms. The normalized spacial score (nSPS) is 11.4. The molecule has 0 heterocycles. The van der Waals surface area contributed by atoms with Crippen LogP contribution in [0, 0.1) is 13.8 Å². The first-order valence-electron chi connectivity index (χ1n) is 18.1. The molecule has 0 bridgehead atoms. The molecule has 0 saturated heterocycles. The zero-order chi connectivity index (χ0) is 36.0. The molecule has 0 atom stereocenters. The van der Waals surface area contributed by atoms with Crippen molar-refractivity contribution in [1.29, 1.82) is 0 Å². The van der Waals surface area contributed by atoms with Gasteiger partial charge >= 0.3 is 0 Å². The van der Waals surface area contributed by atoms with Gasteiger partial charge in [0, 0.05) is 19.6 Å². The van der Waals surface area contributed by atoms with Crippen molar-refractivity contribution in [2.75, 3.05) is 0 Å². The Morgan fingerprint density at radius 2 is 0.585 bits per heavy atom. The molecule has 0 aliphatic rings. The number of aryl methyl sites for hydroxylation is 2. The van der Waals surface area contributed by atoms with E-state index in [-0.39, 0.29) is 0 Å². The molecule has 0 aromatic heterocycles. The van der Waals surface area contributed by atoms with Gasteiger partial charge in [-0.05, 0) is 106 Å². The minimum atomic E-state index is -0.521. The molecule has 0 aliphatic heterocycles. The number of hydrogen-bond acceptors (Lipinski definition) is 2. The third-order valence-electron chi connectivity index (χ3n) is 10.1. The SMILES string of the molecule is Cc1ccccc1-c1ccccc1Sc1ccc(C(c2ccccc2)(c2ccccc2)c2ccc(Sc3ccccc3-c3ccccc3C)cc2)cc1. The lowest BCUT2D eigenvalue weighted by atomic mass is 9.65. The number of rotatable bonds is 10. The maximum Gasteiger partial charge on any atom is 0.0701 e. The maximum atomic E-state index is 2.33. The highest BCUT2D eigenvalue weighted by Gasteiger charge is 2.38. The van der Waals surface area contributed by atoms with Crippen LogP contribution in [0.4, 0.5) is 0 Å². The standard InChI is InChI=1S/C51H40S2/c1-37-17-9-11-23-45(37)47-25-13-15-27-49(47)52-43-33-29-41(30-34-43)51(39-19-5-3-6-20-39,40-21-7-4-8-22-40)42-31-35-44(36-32-42)53-50-28-16-14-26-48(50)46-24-12-10-18-38(46)2/h3-36H,1-2H3. The molecule has 8 aromatic rings. The van der Waals surface area contributed by atoms with Crippen LogP contribution in [-0.4, -0.2) is 0 Å². The van der Waals surface area contributed by atoms with Gasteiger partial charge in [-0.3, -0.25) is 0 Å². The third kappa shape index (κ3) is 7.01. The molecule has 0 unspecified atom stereocenters. The Morgan fingerprint density at radius 3 is 0.962 bits per heavy atom. The molecule has 0 nitrogen and oxygen atoms in total. The van der Waals surface area contributed by atoms with Crippen LogP contribution in [0.15, 0.2) is 226 Å². The molecule has 8 aromatic carbocycles. The van der Waals surface area contributed by atoms with Gasteiger partial charge in [0.15, 0.2) is 0 Å². The summed E-state index contributed by atoms with van der Waals surface area (Å²) in [6.45, 7) is 4.38. The van der Waals surface area contributed by atoms with Crippen LogP contribution >= 0.6 is 23.5 Å². The fourth-order valence-electron chi connectivity index (χ4n) is 7.48. The van der Waals surface area contributed by atoms with Gasteiger partial charge in [-0.1, -0.05) is 193 Å². The van der Waals surface area contributed by atoms with Gasteiger partial charge in [0.25, 0.3) is 0 Å². The van der Waals surface area contributed by atoms with Crippen LogP contribution in [-0.2, 0) is 5.41 Å². The summed E-state index contributed by atoms with van der Waals surface area (Å²) in [6, 6.07) is 75.2. The second kappa shape index (κ2) is 15.6. The predicted octanol–water partition coefficient (Wildman–Crippen LogP) is 14.3. The van der Waals surface area contributed by atoms with Gasteiger partial charge in [0.1, 0.15) is 0 Å². The van der Waals surface area contributed by atoms with E-state index in [0.29, 0.717) is 0 Å². The van der Waals surface area contributed by atoms with Crippen molar-refractivity contribution in [2.24, 2.45) is 0 Å². The highest BCUT2D eigenvalue weighted by Crippen LogP contribution is 2.47. The summed E-state index contributed by atoms with van der Waals surface area (Å²) < 4.78 is 0. The van der Waals surface area contributed by atoms with E-state index in [0.717, 1.165) is 0 Å². The van der Waals surface area contributed by atoms with Gasteiger partial charge in [-0.15, -0.1) is 0 Å². The van der Waals surface area contributed by atoms with Gasteiger partial charge in [0.2, 0.25) is 0 Å². The number of benzene rings is 8. The van der Waals surface area contributed by atoms with E-state index in [1.54, 1.807) is 0 Å². The van der Waals surface area contributed by atoms with E-state index < -0.39 is 5.41 Å². The van der Waals surface area contributed by atoms with Gasteiger partial charge in [-0.2, -0.15) is 0 Å². The summed E-state index contributed by atoms with van der Waals surface area (Å²) in [5.41, 5.74) is 12.1. The third-order valence-corrected chi connectivity index (χ3v) is 12.3. The van der Waals surface area contributed by atoms with Gasteiger partial charge in [-0.25, -0.2) is 0 Å². The molecule has 53 heavy (non-hydrogen) atoms. The summed E-state index contributed by atoms with van der Waals surface area (Å²) >= 11 is 3.65. The second-order valence-electron chi connectivity index (χ2n) is 13.4. The van der Waals surface area contributed by atoms with Crippen molar-refractivity contribution < 1.29 is 0 Å². The highest BCUT2D eigenvalue weighted by molar-refractivity contribution is 7.99. The topological polar surface area (TPSA) is 0 Å². The summed E-state index contributed by atoms with van der Waals surface area (Å²) in [5.74, 6) is 0. The average molecular weight is 717 g/mol. The first kappa shape index (κ1) is 34.5. The van der Waals surface area contributed by atoms with Crippen molar-refractivity contribution in [3.63, 3.8) is 0 Å². The lowest BCUT2D eigenvalue weighted by Gasteiger charge is -2.37. The van der Waals surface area contributed by atoms with Crippen molar-refractivity contribution in [3.05, 3.63) is 240 Å². The molecule has 0 fully saturated rings. The Labute approximate surface area is 322 Å². The van der Waals surface area contributed by atoms with Gasteiger partial charge in [0.05, 0.1) is 5.41 Å². The average Bonchev–Trinajstić information content (AvgIpc) is 3.21. The summed E-state index contributed by atoms with van der Waals surface area (Å²) in [4.78, 5) is 4.93. The fraction of sp³-hybridized carbons (Fsp3) is 0.0588.